The number of hydrogen-bond donors (Lipinski definition) is 0. The van der Waals surface area contributed by atoms with Crippen molar-refractivity contribution in [2.45, 2.75) is 19.1 Å². The average molecular weight is 451 g/mol. The third-order valence-corrected chi connectivity index (χ3v) is 6.94. The summed E-state index contributed by atoms with van der Waals surface area (Å²) in [5.41, 5.74) is 3.00. The van der Waals surface area contributed by atoms with Gasteiger partial charge in [-0.05, 0) is 34.5 Å². The van der Waals surface area contributed by atoms with E-state index in [-0.39, 0.29) is 18.4 Å². The van der Waals surface area contributed by atoms with Crippen LogP contribution in [0.25, 0.3) is 21.7 Å². The van der Waals surface area contributed by atoms with Crippen LogP contribution < -0.4 is 0 Å². The first-order valence-electron chi connectivity index (χ1n) is 11.8. The fourth-order valence-electron chi connectivity index (χ4n) is 5.15. The highest BCUT2D eigenvalue weighted by molar-refractivity contribution is 5.95. The summed E-state index contributed by atoms with van der Waals surface area (Å²) < 4.78 is 0. The first-order chi connectivity index (χ1) is 16.6. The molecule has 0 spiro atoms. The van der Waals surface area contributed by atoms with Crippen LogP contribution in [0.5, 0.6) is 0 Å². The minimum atomic E-state index is -0.434. The van der Waals surface area contributed by atoms with E-state index in [0.717, 1.165) is 34.1 Å². The van der Waals surface area contributed by atoms with Crippen molar-refractivity contribution >= 4 is 33.5 Å². The highest BCUT2D eigenvalue weighted by atomic mass is 16.2. The van der Waals surface area contributed by atoms with Crippen molar-refractivity contribution in [3.05, 3.63) is 90.1 Å². The quantitative estimate of drug-likeness (QED) is 0.478. The number of carbonyl (C=O) groups is 2. The Morgan fingerprint density at radius 2 is 1.56 bits per heavy atom. The minimum absolute atomic E-state index is 0.0314. The predicted molar refractivity (Wildman–Crippen MR) is 132 cm³/mol. The molecule has 1 aromatic heterocycles. The second kappa shape index (κ2) is 8.54. The molecule has 0 saturated carbocycles. The van der Waals surface area contributed by atoms with Crippen molar-refractivity contribution in [2.24, 2.45) is 0 Å². The van der Waals surface area contributed by atoms with E-state index in [1.165, 1.54) is 5.39 Å². The van der Waals surface area contributed by atoms with Crippen molar-refractivity contribution in [2.75, 3.05) is 26.2 Å². The summed E-state index contributed by atoms with van der Waals surface area (Å²) in [5, 5.41) is 3.43. The van der Waals surface area contributed by atoms with E-state index in [1.54, 1.807) is 9.80 Å². The summed E-state index contributed by atoms with van der Waals surface area (Å²) in [5.74, 6) is 0.0674. The summed E-state index contributed by atoms with van der Waals surface area (Å²) in [7, 11) is 0. The smallest absolute Gasteiger partial charge is 0.247 e. The number of fused-ring (bicyclic) bond motifs is 3. The Morgan fingerprint density at radius 3 is 2.44 bits per heavy atom. The minimum Gasteiger partial charge on any atom is -0.327 e. The van der Waals surface area contributed by atoms with Crippen LogP contribution >= 0.6 is 0 Å². The van der Waals surface area contributed by atoms with Crippen LogP contribution in [0.1, 0.15) is 11.3 Å². The third-order valence-electron chi connectivity index (χ3n) is 6.94. The van der Waals surface area contributed by atoms with Gasteiger partial charge in [-0.3, -0.25) is 19.5 Å². The van der Waals surface area contributed by atoms with E-state index in [1.807, 2.05) is 36.4 Å². The largest absolute Gasteiger partial charge is 0.327 e. The first-order valence-corrected chi connectivity index (χ1v) is 11.8. The van der Waals surface area contributed by atoms with Crippen molar-refractivity contribution in [1.29, 1.82) is 0 Å². The molecule has 0 bridgehead atoms. The fraction of sp³-hybridized carbons (Fsp3) is 0.250. The van der Waals surface area contributed by atoms with E-state index in [4.69, 9.17) is 4.98 Å². The number of piperazine rings is 2. The maximum Gasteiger partial charge on any atom is 0.247 e. The highest BCUT2D eigenvalue weighted by Gasteiger charge is 2.42. The molecule has 1 atom stereocenters. The SMILES string of the molecule is O=C1C2CN(Cc3ccc4ccccc4n3)CCN2C(=O)CN1Cc1ccc2ccccc2c1. The van der Waals surface area contributed by atoms with Gasteiger partial charge in [-0.1, -0.05) is 60.7 Å². The summed E-state index contributed by atoms with van der Waals surface area (Å²) >= 11 is 0. The second-order valence-electron chi connectivity index (χ2n) is 9.21. The maximum atomic E-state index is 13.4. The third kappa shape index (κ3) is 3.90. The lowest BCUT2D eigenvalue weighted by molar-refractivity contribution is -0.160. The second-order valence-corrected chi connectivity index (χ2v) is 9.21. The van der Waals surface area contributed by atoms with E-state index in [0.29, 0.717) is 26.2 Å². The first kappa shape index (κ1) is 20.8. The van der Waals surface area contributed by atoms with Gasteiger partial charge in [0.2, 0.25) is 11.8 Å². The number of amides is 2. The Labute approximate surface area is 198 Å². The van der Waals surface area contributed by atoms with Crippen molar-refractivity contribution in [3.63, 3.8) is 0 Å². The fourth-order valence-corrected chi connectivity index (χ4v) is 5.15. The van der Waals surface area contributed by atoms with Crippen LogP contribution in [0.2, 0.25) is 0 Å². The predicted octanol–water partition coefficient (Wildman–Crippen LogP) is 3.44. The molecule has 170 valence electrons. The Hall–Kier alpha value is -3.77. The monoisotopic (exact) mass is 450 g/mol. The molecule has 0 aliphatic carbocycles. The lowest BCUT2D eigenvalue weighted by Crippen LogP contribution is -2.66. The van der Waals surface area contributed by atoms with Gasteiger partial charge in [-0.2, -0.15) is 0 Å². The molecule has 2 amide bonds. The standard InChI is InChI=1S/C28H26N4O2/c33-27-19-31(16-20-9-10-21-5-1-2-7-23(21)15-20)28(34)26-18-30(13-14-32(26)27)17-24-12-11-22-6-3-4-8-25(22)29-24/h1-12,15,26H,13-14,16-19H2. The summed E-state index contributed by atoms with van der Waals surface area (Å²) in [6.07, 6.45) is 0. The zero-order valence-electron chi connectivity index (χ0n) is 18.9. The molecule has 2 saturated heterocycles. The molecule has 2 fully saturated rings. The summed E-state index contributed by atoms with van der Waals surface area (Å²) in [6.45, 7) is 3.12. The Bertz CT molecular complexity index is 1400. The number of para-hydroxylation sites is 1. The number of aromatic nitrogens is 1. The Balaban J connectivity index is 1.18. The van der Waals surface area contributed by atoms with Crippen LogP contribution in [-0.4, -0.2) is 63.7 Å². The highest BCUT2D eigenvalue weighted by Crippen LogP contribution is 2.23. The molecule has 2 aliphatic rings. The molecule has 0 N–H and O–H groups in total. The van der Waals surface area contributed by atoms with Gasteiger partial charge in [0.05, 0.1) is 11.2 Å². The summed E-state index contributed by atoms with van der Waals surface area (Å²) in [4.78, 5) is 36.8. The Kier molecular flexibility index (Phi) is 5.23. The number of carbonyl (C=O) groups excluding carboxylic acids is 2. The van der Waals surface area contributed by atoms with Gasteiger partial charge in [-0.15, -0.1) is 0 Å². The van der Waals surface area contributed by atoms with Gasteiger partial charge in [-0.25, -0.2) is 0 Å². The van der Waals surface area contributed by atoms with Gasteiger partial charge in [0, 0.05) is 38.1 Å². The molecule has 34 heavy (non-hydrogen) atoms. The van der Waals surface area contributed by atoms with Crippen molar-refractivity contribution < 1.29 is 9.59 Å². The molecule has 0 radical (unpaired) electrons. The molecule has 4 aromatic rings. The van der Waals surface area contributed by atoms with E-state index >= 15 is 0 Å². The number of rotatable bonds is 4. The van der Waals surface area contributed by atoms with Crippen LogP contribution in [0.4, 0.5) is 0 Å². The number of benzene rings is 3. The molecule has 1 unspecified atom stereocenters. The van der Waals surface area contributed by atoms with Crippen LogP contribution in [0, 0.1) is 0 Å². The topological polar surface area (TPSA) is 56.8 Å². The van der Waals surface area contributed by atoms with E-state index < -0.39 is 6.04 Å². The van der Waals surface area contributed by atoms with Crippen LogP contribution in [0.3, 0.4) is 0 Å². The number of hydrogen-bond acceptors (Lipinski definition) is 4. The normalized spacial score (nSPS) is 19.1. The van der Waals surface area contributed by atoms with Gasteiger partial charge < -0.3 is 9.80 Å². The van der Waals surface area contributed by atoms with Gasteiger partial charge in [0.25, 0.3) is 0 Å². The molecule has 3 heterocycles. The zero-order valence-corrected chi connectivity index (χ0v) is 18.9. The Morgan fingerprint density at radius 1 is 0.794 bits per heavy atom. The average Bonchev–Trinajstić information content (AvgIpc) is 2.87. The van der Waals surface area contributed by atoms with Gasteiger partial charge in [0.1, 0.15) is 12.6 Å². The number of nitrogens with zero attached hydrogens (tertiary/aromatic N) is 4. The molecule has 2 aliphatic heterocycles. The van der Waals surface area contributed by atoms with Gasteiger partial charge in [0.15, 0.2) is 0 Å². The molecule has 3 aromatic carbocycles. The van der Waals surface area contributed by atoms with E-state index in [2.05, 4.69) is 47.4 Å². The molecule has 6 nitrogen and oxygen atoms in total. The maximum absolute atomic E-state index is 13.4. The van der Waals surface area contributed by atoms with E-state index in [9.17, 15) is 9.59 Å². The van der Waals surface area contributed by atoms with Crippen molar-refractivity contribution in [1.82, 2.24) is 19.7 Å². The molecule has 6 rings (SSSR count). The molecular formula is C28H26N4O2. The van der Waals surface area contributed by atoms with Crippen LogP contribution in [-0.2, 0) is 22.7 Å². The van der Waals surface area contributed by atoms with Crippen molar-refractivity contribution in [3.8, 4) is 0 Å². The lowest BCUT2D eigenvalue weighted by atomic mass is 10.0. The van der Waals surface area contributed by atoms with Gasteiger partial charge >= 0.3 is 0 Å². The number of pyridine rings is 1. The summed E-state index contributed by atoms with van der Waals surface area (Å²) in [6, 6.07) is 26.2. The lowest BCUT2D eigenvalue weighted by Gasteiger charge is -2.46. The molecule has 6 heteroatoms. The zero-order chi connectivity index (χ0) is 23.1. The van der Waals surface area contributed by atoms with Crippen LogP contribution in [0.15, 0.2) is 78.9 Å². The molecular weight excluding hydrogens is 424 g/mol.